The van der Waals surface area contributed by atoms with Crippen LogP contribution in [0, 0.1) is 0 Å². The smallest absolute Gasteiger partial charge is 0.433 e. The zero-order chi connectivity index (χ0) is 28.4. The monoisotopic (exact) mass is 558 g/mol. The van der Waals surface area contributed by atoms with Gasteiger partial charge in [0.2, 0.25) is 0 Å². The number of nitrogens with one attached hydrogen (secondary N) is 1. The van der Waals surface area contributed by atoms with Crippen LogP contribution in [0.15, 0.2) is 36.8 Å². The summed E-state index contributed by atoms with van der Waals surface area (Å²) in [6, 6.07) is 3.24. The van der Waals surface area contributed by atoms with Crippen LogP contribution in [-0.2, 0) is 18.0 Å². The van der Waals surface area contributed by atoms with Crippen LogP contribution in [0.1, 0.15) is 62.4 Å². The Hall–Kier alpha value is -2.90. The Bertz CT molecular complexity index is 1350. The van der Waals surface area contributed by atoms with E-state index in [-0.39, 0.29) is 53.9 Å². The Morgan fingerprint density at radius 2 is 1.74 bits per heavy atom. The van der Waals surface area contributed by atoms with Crippen molar-refractivity contribution in [2.24, 2.45) is 0 Å². The van der Waals surface area contributed by atoms with Crippen LogP contribution in [0.25, 0.3) is 11.0 Å². The van der Waals surface area contributed by atoms with Crippen molar-refractivity contribution in [1.29, 1.82) is 0 Å². The standard InChI is InChI=1S/C26H28F6N4O3/c1-14-7-24(38,15-3-4-21(33-11-15)26(30,31)32)8-16(35-14)12-39-18-5-19(25(27,28)29)22-20(6-18)34-13-36(22)17-9-23(2,37)10-17/h3-6,11,13-14,16-17,35,37-38H,7-10,12H2,1-2H3/t14-,16-,17?,23?,24-/m0/s1. The SMILES string of the molecule is C[C@H]1C[C@@](O)(c2ccc(C(F)(F)F)nc2)C[C@@H](COc2cc(C(F)(F)F)c3c(c2)ncn3C2CC(C)(O)C2)N1. The molecule has 2 aromatic heterocycles. The number of hydrogen-bond donors (Lipinski definition) is 3. The van der Waals surface area contributed by atoms with E-state index in [1.165, 1.54) is 23.0 Å². The number of aliphatic hydroxyl groups is 2. The van der Waals surface area contributed by atoms with Crippen molar-refractivity contribution in [3.8, 4) is 5.75 Å². The minimum Gasteiger partial charge on any atom is -0.492 e. The molecule has 1 aliphatic carbocycles. The fourth-order valence-electron chi connectivity index (χ4n) is 5.77. The number of aromatic nitrogens is 3. The normalized spacial score (nSPS) is 29.8. The lowest BCUT2D eigenvalue weighted by molar-refractivity contribution is -0.141. The molecule has 13 heteroatoms. The first-order chi connectivity index (χ1) is 18.0. The van der Waals surface area contributed by atoms with Crippen LogP contribution < -0.4 is 10.1 Å². The van der Waals surface area contributed by atoms with Crippen molar-refractivity contribution in [2.45, 2.75) is 81.2 Å². The second-order valence-electron chi connectivity index (χ2n) is 11.0. The highest BCUT2D eigenvalue weighted by Gasteiger charge is 2.43. The van der Waals surface area contributed by atoms with Crippen molar-refractivity contribution in [3.63, 3.8) is 0 Å². The molecular weight excluding hydrogens is 530 g/mol. The number of fused-ring (bicyclic) bond motifs is 1. The Balaban J connectivity index is 1.35. The summed E-state index contributed by atoms with van der Waals surface area (Å²) in [5, 5.41) is 24.6. The van der Waals surface area contributed by atoms with E-state index < -0.39 is 40.9 Å². The minimum absolute atomic E-state index is 0.0506. The molecule has 3 aromatic rings. The number of pyridine rings is 1. The average Bonchev–Trinajstić information content (AvgIpc) is 3.22. The molecule has 0 amide bonds. The molecule has 3 atom stereocenters. The summed E-state index contributed by atoms with van der Waals surface area (Å²) >= 11 is 0. The molecule has 5 rings (SSSR count). The lowest BCUT2D eigenvalue weighted by Gasteiger charge is -2.42. The van der Waals surface area contributed by atoms with Crippen molar-refractivity contribution >= 4 is 11.0 Å². The number of rotatable bonds is 5. The lowest BCUT2D eigenvalue weighted by atomic mass is 9.77. The van der Waals surface area contributed by atoms with Gasteiger partial charge in [0, 0.05) is 36.0 Å². The van der Waals surface area contributed by atoms with E-state index in [1.807, 2.05) is 0 Å². The molecule has 7 nitrogen and oxygen atoms in total. The van der Waals surface area contributed by atoms with Gasteiger partial charge in [-0.15, -0.1) is 0 Å². The van der Waals surface area contributed by atoms with Crippen LogP contribution in [0.4, 0.5) is 26.3 Å². The molecule has 1 aliphatic heterocycles. The molecule has 0 spiro atoms. The first-order valence-corrected chi connectivity index (χ1v) is 12.5. The van der Waals surface area contributed by atoms with E-state index in [2.05, 4.69) is 15.3 Å². The van der Waals surface area contributed by atoms with E-state index in [4.69, 9.17) is 4.74 Å². The second-order valence-corrected chi connectivity index (χ2v) is 11.0. The maximum absolute atomic E-state index is 14.1. The number of nitrogens with zero attached hydrogens (tertiary/aromatic N) is 3. The van der Waals surface area contributed by atoms with Crippen molar-refractivity contribution in [2.75, 3.05) is 6.61 Å². The fraction of sp³-hybridized carbons (Fsp3) is 0.538. The van der Waals surface area contributed by atoms with Crippen LogP contribution in [0.3, 0.4) is 0 Å². The summed E-state index contributed by atoms with van der Waals surface area (Å²) in [7, 11) is 0. The number of halogens is 6. The molecule has 1 saturated heterocycles. The van der Waals surface area contributed by atoms with Gasteiger partial charge in [-0.2, -0.15) is 26.3 Å². The van der Waals surface area contributed by atoms with E-state index in [9.17, 15) is 36.6 Å². The van der Waals surface area contributed by atoms with Gasteiger partial charge in [-0.1, -0.05) is 6.07 Å². The lowest BCUT2D eigenvalue weighted by Crippen LogP contribution is -2.53. The van der Waals surface area contributed by atoms with Crippen LogP contribution >= 0.6 is 0 Å². The number of piperidine rings is 1. The van der Waals surface area contributed by atoms with Gasteiger partial charge >= 0.3 is 12.4 Å². The third-order valence-electron chi connectivity index (χ3n) is 7.48. The summed E-state index contributed by atoms with van der Waals surface area (Å²) in [6.45, 7) is 3.32. The molecule has 1 saturated carbocycles. The van der Waals surface area contributed by atoms with E-state index >= 15 is 0 Å². The highest BCUT2D eigenvalue weighted by Crippen LogP contribution is 2.45. The van der Waals surface area contributed by atoms with Gasteiger partial charge in [0.1, 0.15) is 18.1 Å². The zero-order valence-corrected chi connectivity index (χ0v) is 21.1. The summed E-state index contributed by atoms with van der Waals surface area (Å²) in [5.41, 5.74) is -4.16. The molecule has 3 heterocycles. The highest BCUT2D eigenvalue weighted by molar-refractivity contribution is 5.82. The Kier molecular flexibility index (Phi) is 6.62. The van der Waals surface area contributed by atoms with Gasteiger partial charge in [0.05, 0.1) is 34.1 Å². The second kappa shape index (κ2) is 9.34. The topological polar surface area (TPSA) is 92.4 Å². The fourth-order valence-corrected chi connectivity index (χ4v) is 5.77. The number of imidazole rings is 1. The number of ether oxygens (including phenoxy) is 1. The highest BCUT2D eigenvalue weighted by atomic mass is 19.4. The van der Waals surface area contributed by atoms with Crippen molar-refractivity contribution < 1.29 is 41.3 Å². The van der Waals surface area contributed by atoms with Crippen LogP contribution in [-0.4, -0.2) is 49.0 Å². The van der Waals surface area contributed by atoms with Gasteiger partial charge in [-0.05, 0) is 51.7 Å². The summed E-state index contributed by atoms with van der Waals surface area (Å²) in [4.78, 5) is 7.60. The van der Waals surface area contributed by atoms with Gasteiger partial charge in [-0.3, -0.25) is 4.98 Å². The van der Waals surface area contributed by atoms with Gasteiger partial charge in [0.15, 0.2) is 0 Å². The third kappa shape index (κ3) is 5.57. The molecule has 3 N–H and O–H groups in total. The Morgan fingerprint density at radius 1 is 1.03 bits per heavy atom. The van der Waals surface area contributed by atoms with E-state index in [1.54, 1.807) is 13.8 Å². The van der Waals surface area contributed by atoms with Crippen LogP contribution in [0.5, 0.6) is 5.75 Å². The number of benzene rings is 1. The molecule has 2 aliphatic rings. The molecular formula is C26H28F6N4O3. The van der Waals surface area contributed by atoms with Gasteiger partial charge < -0.3 is 24.8 Å². The third-order valence-corrected chi connectivity index (χ3v) is 7.48. The maximum Gasteiger partial charge on any atom is 0.433 e. The predicted molar refractivity (Wildman–Crippen MR) is 128 cm³/mol. The van der Waals surface area contributed by atoms with E-state index in [0.717, 1.165) is 18.3 Å². The quantitative estimate of drug-likeness (QED) is 0.384. The largest absolute Gasteiger partial charge is 0.492 e. The molecule has 2 fully saturated rings. The number of hydrogen-bond acceptors (Lipinski definition) is 6. The molecule has 0 unspecified atom stereocenters. The van der Waals surface area contributed by atoms with Gasteiger partial charge in [0.25, 0.3) is 0 Å². The van der Waals surface area contributed by atoms with Crippen LogP contribution in [0.2, 0.25) is 0 Å². The zero-order valence-electron chi connectivity index (χ0n) is 21.1. The average molecular weight is 559 g/mol. The van der Waals surface area contributed by atoms with Crippen molar-refractivity contribution in [3.05, 3.63) is 53.6 Å². The Labute approximate surface area is 219 Å². The minimum atomic E-state index is -4.69. The first kappa shape index (κ1) is 27.7. The molecule has 1 aromatic carbocycles. The predicted octanol–water partition coefficient (Wildman–Crippen LogP) is 4.96. The molecule has 39 heavy (non-hydrogen) atoms. The summed E-state index contributed by atoms with van der Waals surface area (Å²) < 4.78 is 88.1. The molecule has 0 radical (unpaired) electrons. The Morgan fingerprint density at radius 3 is 2.33 bits per heavy atom. The van der Waals surface area contributed by atoms with Crippen molar-refractivity contribution in [1.82, 2.24) is 19.9 Å². The molecule has 212 valence electrons. The van der Waals surface area contributed by atoms with E-state index in [0.29, 0.717) is 12.8 Å². The molecule has 0 bridgehead atoms. The number of alkyl halides is 6. The summed E-state index contributed by atoms with van der Waals surface area (Å²) in [5.74, 6) is -0.0551. The maximum atomic E-state index is 14.1. The summed E-state index contributed by atoms with van der Waals surface area (Å²) in [6.07, 6.45) is -6.07. The van der Waals surface area contributed by atoms with Gasteiger partial charge in [-0.25, -0.2) is 4.98 Å². The first-order valence-electron chi connectivity index (χ1n) is 12.5.